The van der Waals surface area contributed by atoms with E-state index in [1.54, 1.807) is 6.92 Å². The average molecular weight is 398 g/mol. The number of benzene rings is 1. The summed E-state index contributed by atoms with van der Waals surface area (Å²) in [5.74, 6) is 0.382. The van der Waals surface area contributed by atoms with Crippen LogP contribution in [0, 0.1) is 5.41 Å². The standard InChI is InChI=1S/C24H35N3O2/c1-17(28)26-19(14-18-10-6-5-7-11-18)20-15-24(2)21(26)12-8-9-13-22(24)27(20)23(29)16-25(3)4/h5-7,10-11,19-22H,8-9,12-16H2,1-4H3/t19-,20+,21-,22+,24-/m1/s1. The molecule has 5 atom stereocenters. The summed E-state index contributed by atoms with van der Waals surface area (Å²) in [6.07, 6.45) is 6.23. The van der Waals surface area contributed by atoms with Crippen molar-refractivity contribution in [1.29, 1.82) is 0 Å². The van der Waals surface area contributed by atoms with E-state index >= 15 is 0 Å². The Balaban J connectivity index is 1.77. The topological polar surface area (TPSA) is 43.9 Å². The van der Waals surface area contributed by atoms with Gasteiger partial charge in [0.2, 0.25) is 11.8 Å². The summed E-state index contributed by atoms with van der Waals surface area (Å²) >= 11 is 0. The van der Waals surface area contributed by atoms with Gasteiger partial charge in [0.1, 0.15) is 0 Å². The molecule has 5 heteroatoms. The molecule has 1 aliphatic carbocycles. The number of amides is 2. The highest BCUT2D eigenvalue weighted by Gasteiger charge is 2.63. The third kappa shape index (κ3) is 3.48. The lowest BCUT2D eigenvalue weighted by Crippen LogP contribution is -2.61. The van der Waals surface area contributed by atoms with Crippen LogP contribution in [0.3, 0.4) is 0 Å². The van der Waals surface area contributed by atoms with Crippen LogP contribution in [-0.2, 0) is 16.0 Å². The van der Waals surface area contributed by atoms with Gasteiger partial charge < -0.3 is 14.7 Å². The zero-order valence-corrected chi connectivity index (χ0v) is 18.3. The summed E-state index contributed by atoms with van der Waals surface area (Å²) in [5, 5.41) is 0. The Morgan fingerprint density at radius 3 is 2.28 bits per heavy atom. The Hall–Kier alpha value is -1.88. The van der Waals surface area contributed by atoms with Crippen LogP contribution in [-0.4, -0.2) is 71.3 Å². The molecule has 0 spiro atoms. The predicted octanol–water partition coefficient (Wildman–Crippen LogP) is 2.94. The van der Waals surface area contributed by atoms with Crippen molar-refractivity contribution in [3.05, 3.63) is 35.9 Å². The van der Waals surface area contributed by atoms with Gasteiger partial charge in [0.25, 0.3) is 0 Å². The molecular weight excluding hydrogens is 362 g/mol. The van der Waals surface area contributed by atoms with E-state index in [4.69, 9.17) is 0 Å². The summed E-state index contributed by atoms with van der Waals surface area (Å²) in [5.41, 5.74) is 1.24. The van der Waals surface area contributed by atoms with E-state index in [0.717, 1.165) is 38.5 Å². The summed E-state index contributed by atoms with van der Waals surface area (Å²) in [6.45, 7) is 4.50. The van der Waals surface area contributed by atoms with E-state index in [-0.39, 0.29) is 41.4 Å². The number of likely N-dealkylation sites (tertiary alicyclic amines) is 2. The van der Waals surface area contributed by atoms with Crippen molar-refractivity contribution >= 4 is 11.8 Å². The summed E-state index contributed by atoms with van der Waals surface area (Å²) in [4.78, 5) is 32.7. The number of piperidine rings is 1. The molecule has 2 saturated heterocycles. The maximum absolute atomic E-state index is 13.4. The molecule has 1 saturated carbocycles. The van der Waals surface area contributed by atoms with Crippen LogP contribution in [0.1, 0.15) is 51.5 Å². The lowest BCUT2D eigenvalue weighted by atomic mass is 9.69. The highest BCUT2D eigenvalue weighted by Crippen LogP contribution is 2.55. The first-order valence-electron chi connectivity index (χ1n) is 11.1. The van der Waals surface area contributed by atoms with Gasteiger partial charge in [0.05, 0.1) is 18.6 Å². The van der Waals surface area contributed by atoms with Crippen molar-refractivity contribution in [1.82, 2.24) is 14.7 Å². The van der Waals surface area contributed by atoms with Gasteiger partial charge >= 0.3 is 0 Å². The lowest BCUT2D eigenvalue weighted by molar-refractivity contribution is -0.143. The molecule has 2 heterocycles. The van der Waals surface area contributed by atoms with Crippen LogP contribution in [0.5, 0.6) is 0 Å². The minimum Gasteiger partial charge on any atom is -0.334 e. The summed E-state index contributed by atoms with van der Waals surface area (Å²) in [7, 11) is 3.92. The third-order valence-corrected chi connectivity index (χ3v) is 7.60. The minimum absolute atomic E-state index is 0.00198. The molecule has 0 radical (unpaired) electrons. The zero-order valence-electron chi connectivity index (χ0n) is 18.3. The van der Waals surface area contributed by atoms with Gasteiger partial charge in [-0.05, 0) is 45.3 Å². The number of hydrogen-bond donors (Lipinski definition) is 0. The quantitative estimate of drug-likeness (QED) is 0.785. The second-order valence-electron chi connectivity index (χ2n) is 9.82. The van der Waals surface area contributed by atoms with Crippen LogP contribution >= 0.6 is 0 Å². The maximum atomic E-state index is 13.4. The van der Waals surface area contributed by atoms with Crippen LogP contribution < -0.4 is 0 Å². The number of fused-ring (bicyclic) bond motifs is 1. The van der Waals surface area contributed by atoms with Crippen LogP contribution in [0.15, 0.2) is 30.3 Å². The molecule has 5 nitrogen and oxygen atoms in total. The molecule has 3 aliphatic rings. The second kappa shape index (κ2) is 7.75. The zero-order chi connectivity index (χ0) is 20.8. The van der Waals surface area contributed by atoms with Crippen LogP contribution in [0.25, 0.3) is 0 Å². The first kappa shape index (κ1) is 20.4. The minimum atomic E-state index is 0.00198. The molecule has 0 aromatic heterocycles. The van der Waals surface area contributed by atoms with Crippen molar-refractivity contribution in [3.8, 4) is 0 Å². The number of carbonyl (C=O) groups excluding carboxylic acids is 2. The van der Waals surface area contributed by atoms with E-state index in [1.807, 2.05) is 25.1 Å². The maximum Gasteiger partial charge on any atom is 0.237 e. The molecule has 158 valence electrons. The van der Waals surface area contributed by atoms with Gasteiger partial charge in [-0.2, -0.15) is 0 Å². The normalized spacial score (nSPS) is 33.7. The SMILES string of the molecule is CC(=O)N1[C@H](Cc2ccccc2)[C@@H]2C[C@@]3(C)[C@H](CCCC[C@@H]13)N2C(=O)CN(C)C. The fourth-order valence-corrected chi connectivity index (χ4v) is 6.51. The molecule has 1 aromatic carbocycles. The fourth-order valence-electron chi connectivity index (χ4n) is 6.51. The first-order chi connectivity index (χ1) is 13.8. The molecular formula is C24H35N3O2. The molecule has 3 fully saturated rings. The Labute approximate surface area is 175 Å². The van der Waals surface area contributed by atoms with E-state index < -0.39 is 0 Å². The molecule has 29 heavy (non-hydrogen) atoms. The van der Waals surface area contributed by atoms with Crippen LogP contribution in [0.4, 0.5) is 0 Å². The number of nitrogens with zero attached hydrogens (tertiary/aromatic N) is 3. The molecule has 2 amide bonds. The van der Waals surface area contributed by atoms with Gasteiger partial charge in [0.15, 0.2) is 0 Å². The largest absolute Gasteiger partial charge is 0.334 e. The average Bonchev–Trinajstić information content (AvgIpc) is 2.81. The molecule has 0 N–H and O–H groups in total. The smallest absolute Gasteiger partial charge is 0.237 e. The predicted molar refractivity (Wildman–Crippen MR) is 114 cm³/mol. The van der Waals surface area contributed by atoms with E-state index in [0.29, 0.717) is 6.54 Å². The highest BCUT2D eigenvalue weighted by molar-refractivity contribution is 5.81. The number of hydrogen-bond acceptors (Lipinski definition) is 3. The lowest BCUT2D eigenvalue weighted by Gasteiger charge is -2.50. The van der Waals surface area contributed by atoms with E-state index in [9.17, 15) is 9.59 Å². The van der Waals surface area contributed by atoms with Crippen molar-refractivity contribution in [2.45, 2.75) is 76.5 Å². The summed E-state index contributed by atoms with van der Waals surface area (Å²) < 4.78 is 0. The van der Waals surface area contributed by atoms with Gasteiger partial charge in [0, 0.05) is 24.4 Å². The fraction of sp³-hybridized carbons (Fsp3) is 0.667. The number of likely N-dealkylation sites (N-methyl/N-ethyl adjacent to an activating group) is 1. The van der Waals surface area contributed by atoms with Gasteiger partial charge in [-0.3, -0.25) is 9.59 Å². The molecule has 4 rings (SSSR count). The van der Waals surface area contributed by atoms with Crippen molar-refractivity contribution in [2.24, 2.45) is 5.41 Å². The monoisotopic (exact) mass is 397 g/mol. The number of rotatable bonds is 4. The molecule has 0 unspecified atom stereocenters. The number of carbonyl (C=O) groups is 2. The molecule has 2 bridgehead atoms. The molecule has 2 aliphatic heterocycles. The highest BCUT2D eigenvalue weighted by atomic mass is 16.2. The second-order valence-corrected chi connectivity index (χ2v) is 9.82. The van der Waals surface area contributed by atoms with Crippen molar-refractivity contribution < 1.29 is 9.59 Å². The Bertz CT molecular complexity index is 765. The Morgan fingerprint density at radius 2 is 1.69 bits per heavy atom. The van der Waals surface area contributed by atoms with Gasteiger partial charge in [-0.25, -0.2) is 0 Å². The Morgan fingerprint density at radius 1 is 1.07 bits per heavy atom. The first-order valence-corrected chi connectivity index (χ1v) is 11.1. The van der Waals surface area contributed by atoms with Crippen molar-refractivity contribution in [2.75, 3.05) is 20.6 Å². The van der Waals surface area contributed by atoms with Crippen LogP contribution in [0.2, 0.25) is 0 Å². The van der Waals surface area contributed by atoms with Gasteiger partial charge in [-0.15, -0.1) is 0 Å². The Kier molecular flexibility index (Phi) is 5.45. The summed E-state index contributed by atoms with van der Waals surface area (Å²) in [6, 6.07) is 11.1. The van der Waals surface area contributed by atoms with E-state index in [1.165, 1.54) is 5.56 Å². The molecule has 1 aromatic rings. The van der Waals surface area contributed by atoms with Crippen molar-refractivity contribution in [3.63, 3.8) is 0 Å². The van der Waals surface area contributed by atoms with Gasteiger partial charge in [-0.1, -0.05) is 50.1 Å². The third-order valence-electron chi connectivity index (χ3n) is 7.60. The van der Waals surface area contributed by atoms with E-state index in [2.05, 4.69) is 41.0 Å².